The third-order valence-electron chi connectivity index (χ3n) is 5.45. The molecule has 0 aromatic carbocycles. The van der Waals surface area contributed by atoms with Crippen LogP contribution in [0.3, 0.4) is 0 Å². The zero-order valence-electron chi connectivity index (χ0n) is 19.1. The van der Waals surface area contributed by atoms with Crippen LogP contribution in [0.5, 0.6) is 0 Å². The van der Waals surface area contributed by atoms with Crippen molar-refractivity contribution in [3.8, 4) is 6.19 Å². The summed E-state index contributed by atoms with van der Waals surface area (Å²) in [7, 11) is -3.65. The number of rotatable bonds is 14. The first-order valence-corrected chi connectivity index (χ1v) is 13.2. The number of halogens is 1. The third kappa shape index (κ3) is 10.9. The molecule has 1 aliphatic carbocycles. The van der Waals surface area contributed by atoms with Crippen LogP contribution in [0.2, 0.25) is 0 Å². The van der Waals surface area contributed by atoms with Gasteiger partial charge in [-0.3, -0.25) is 20.1 Å². The van der Waals surface area contributed by atoms with Crippen LogP contribution in [0.15, 0.2) is 29.5 Å². The first-order chi connectivity index (χ1) is 16.0. The number of aromatic nitrogens is 1. The highest BCUT2D eigenvalue weighted by Crippen LogP contribution is 2.24. The summed E-state index contributed by atoms with van der Waals surface area (Å²) < 4.78 is 38.9. The number of hydroxylamine groups is 1. The number of hydrogen-bond acceptors (Lipinski definition) is 6. The Bertz CT molecular complexity index is 841. The predicted molar refractivity (Wildman–Crippen MR) is 126 cm³/mol. The smallest absolute Gasteiger partial charge is 0.236 e. The molecule has 0 bridgehead atoms. The lowest BCUT2D eigenvalue weighted by Gasteiger charge is -2.25. The molecule has 0 atom stereocenters. The highest BCUT2D eigenvalue weighted by Gasteiger charge is 2.24. The Kier molecular flexibility index (Phi) is 12.7. The Morgan fingerprint density at radius 1 is 1.21 bits per heavy atom. The zero-order chi connectivity index (χ0) is 23.8. The number of nitrogens with one attached hydrogen (secondary N) is 2. The van der Waals surface area contributed by atoms with Gasteiger partial charge in [-0.1, -0.05) is 36.6 Å². The van der Waals surface area contributed by atoms with Crippen LogP contribution in [0.4, 0.5) is 10.1 Å². The molecule has 184 valence electrons. The Morgan fingerprint density at radius 3 is 2.64 bits per heavy atom. The fourth-order valence-corrected chi connectivity index (χ4v) is 5.01. The number of nitriles is 1. The van der Waals surface area contributed by atoms with Gasteiger partial charge in [0.15, 0.2) is 6.19 Å². The van der Waals surface area contributed by atoms with Gasteiger partial charge in [0.1, 0.15) is 6.67 Å². The van der Waals surface area contributed by atoms with Gasteiger partial charge < -0.3 is 5.32 Å². The van der Waals surface area contributed by atoms with Crippen LogP contribution < -0.4 is 10.6 Å². The lowest BCUT2D eigenvalue weighted by molar-refractivity contribution is -0.104. The van der Waals surface area contributed by atoms with Gasteiger partial charge in [0.25, 0.3) is 0 Å². The van der Waals surface area contributed by atoms with Crippen LogP contribution in [-0.2, 0) is 14.9 Å². The molecule has 1 fully saturated rings. The van der Waals surface area contributed by atoms with E-state index in [1.54, 1.807) is 24.5 Å². The van der Waals surface area contributed by atoms with Crippen LogP contribution >= 0.6 is 0 Å². The molecule has 0 radical (unpaired) electrons. The number of pyridine rings is 1. The summed E-state index contributed by atoms with van der Waals surface area (Å²) in [5.74, 6) is 0.638. The summed E-state index contributed by atoms with van der Waals surface area (Å²) in [6.45, 7) is -0.200. The van der Waals surface area contributed by atoms with E-state index < -0.39 is 16.7 Å². The number of sulfonamides is 1. The summed E-state index contributed by atoms with van der Waals surface area (Å²) in [5.41, 5.74) is 0.764. The largest absolute Gasteiger partial charge is 0.325 e. The average Bonchev–Trinajstić information content (AvgIpc) is 2.82. The van der Waals surface area contributed by atoms with Crippen molar-refractivity contribution in [1.82, 2.24) is 14.8 Å². The maximum Gasteiger partial charge on any atom is 0.236 e. The zero-order valence-corrected chi connectivity index (χ0v) is 19.9. The SMILES string of the molecule is N#CNC(=NCCCCCCS(=O)(=O)N(CCF)OCC1CCCCC1)Nc1ccncc1. The van der Waals surface area contributed by atoms with E-state index in [4.69, 9.17) is 10.1 Å². The number of guanidine groups is 1. The maximum absolute atomic E-state index is 12.9. The maximum atomic E-state index is 12.9. The lowest BCUT2D eigenvalue weighted by Crippen LogP contribution is -2.36. The van der Waals surface area contributed by atoms with E-state index in [0.717, 1.165) is 48.7 Å². The molecule has 33 heavy (non-hydrogen) atoms. The molecule has 11 heteroatoms. The van der Waals surface area contributed by atoms with Crippen LogP contribution in [0.1, 0.15) is 57.8 Å². The number of anilines is 1. The molecule has 1 aromatic heterocycles. The minimum Gasteiger partial charge on any atom is -0.325 e. The topological polar surface area (TPSA) is 120 Å². The molecule has 1 aliphatic rings. The second kappa shape index (κ2) is 15.5. The molecule has 1 saturated carbocycles. The highest BCUT2D eigenvalue weighted by molar-refractivity contribution is 7.88. The predicted octanol–water partition coefficient (Wildman–Crippen LogP) is 3.59. The molecule has 0 aliphatic heterocycles. The van der Waals surface area contributed by atoms with E-state index in [1.165, 1.54) is 6.42 Å². The number of unbranched alkanes of at least 4 members (excludes halogenated alkanes) is 3. The van der Waals surface area contributed by atoms with Crippen molar-refractivity contribution < 1.29 is 17.6 Å². The first kappa shape index (κ1) is 27.0. The van der Waals surface area contributed by atoms with Gasteiger partial charge in [0.05, 0.1) is 18.9 Å². The van der Waals surface area contributed by atoms with Crippen LogP contribution in [0.25, 0.3) is 0 Å². The molecule has 1 heterocycles. The number of hydrogen-bond donors (Lipinski definition) is 2. The van der Waals surface area contributed by atoms with E-state index >= 15 is 0 Å². The number of aliphatic imine (C=N–C) groups is 1. The Morgan fingerprint density at radius 2 is 1.94 bits per heavy atom. The van der Waals surface area contributed by atoms with Gasteiger partial charge in [-0.2, -0.15) is 5.26 Å². The minimum atomic E-state index is -3.65. The second-order valence-electron chi connectivity index (χ2n) is 8.07. The molecule has 9 nitrogen and oxygen atoms in total. The van der Waals surface area contributed by atoms with Crippen LogP contribution in [0, 0.1) is 17.4 Å². The van der Waals surface area contributed by atoms with Crippen molar-refractivity contribution in [3.63, 3.8) is 0 Å². The van der Waals surface area contributed by atoms with Crippen LogP contribution in [-0.4, -0.2) is 56.0 Å². The van der Waals surface area contributed by atoms with Crippen molar-refractivity contribution >= 4 is 21.7 Å². The molecular weight excluding hydrogens is 447 g/mol. The summed E-state index contributed by atoms with van der Waals surface area (Å²) in [4.78, 5) is 13.8. The van der Waals surface area contributed by atoms with E-state index in [2.05, 4.69) is 20.6 Å². The van der Waals surface area contributed by atoms with Gasteiger partial charge in [-0.25, -0.2) is 12.8 Å². The molecule has 2 N–H and O–H groups in total. The molecule has 2 rings (SSSR count). The normalized spacial score (nSPS) is 15.4. The van der Waals surface area contributed by atoms with E-state index in [9.17, 15) is 12.8 Å². The monoisotopic (exact) mass is 482 g/mol. The van der Waals surface area contributed by atoms with Crippen molar-refractivity contribution in [3.05, 3.63) is 24.5 Å². The van der Waals surface area contributed by atoms with Gasteiger partial charge in [-0.05, 0) is 43.7 Å². The van der Waals surface area contributed by atoms with Crippen molar-refractivity contribution in [1.29, 1.82) is 5.26 Å². The van der Waals surface area contributed by atoms with Crippen molar-refractivity contribution in [2.75, 3.05) is 37.4 Å². The molecular formula is C22H35FN6O3S. The fraction of sp³-hybridized carbons (Fsp3) is 0.682. The summed E-state index contributed by atoms with van der Waals surface area (Å²) in [6.07, 6.45) is 13.4. The Labute approximate surface area is 196 Å². The molecule has 0 spiro atoms. The molecule has 1 aromatic rings. The highest BCUT2D eigenvalue weighted by atomic mass is 32.2. The quantitative estimate of drug-likeness (QED) is 0.104. The van der Waals surface area contributed by atoms with Gasteiger partial charge >= 0.3 is 0 Å². The summed E-state index contributed by atoms with van der Waals surface area (Å²) in [6, 6.07) is 3.53. The van der Waals surface area contributed by atoms with E-state index in [-0.39, 0.29) is 12.3 Å². The number of alkyl halides is 1. The van der Waals surface area contributed by atoms with E-state index in [1.807, 2.05) is 6.19 Å². The van der Waals surface area contributed by atoms with Gasteiger partial charge in [0.2, 0.25) is 16.0 Å². The van der Waals surface area contributed by atoms with Crippen molar-refractivity contribution in [2.24, 2.45) is 10.9 Å². The van der Waals surface area contributed by atoms with E-state index in [0.29, 0.717) is 37.9 Å². The average molecular weight is 483 g/mol. The number of nitrogens with zero attached hydrogens (tertiary/aromatic N) is 4. The summed E-state index contributed by atoms with van der Waals surface area (Å²) >= 11 is 0. The molecule has 0 unspecified atom stereocenters. The standard InChI is InChI=1S/C22H35FN6O3S/c23-12-16-29(32-18-20-8-4-3-5-9-20)33(30,31)17-7-2-1-6-13-26-22(27-19-24)28-21-10-14-25-15-11-21/h10-11,14-15,20H,1-9,12-13,16-18H2,(H2,25,26,27,28). The second-order valence-corrected chi connectivity index (χ2v) is 10.1. The molecule has 0 saturated heterocycles. The first-order valence-electron chi connectivity index (χ1n) is 11.6. The summed E-state index contributed by atoms with van der Waals surface area (Å²) in [5, 5.41) is 14.4. The van der Waals surface area contributed by atoms with Gasteiger partial charge in [0, 0.05) is 24.6 Å². The van der Waals surface area contributed by atoms with Crippen molar-refractivity contribution in [2.45, 2.75) is 57.8 Å². The third-order valence-corrected chi connectivity index (χ3v) is 7.17. The van der Waals surface area contributed by atoms with Gasteiger partial charge in [-0.15, -0.1) is 0 Å². The Hall–Kier alpha value is -2.29. The lowest BCUT2D eigenvalue weighted by atomic mass is 9.90. The minimum absolute atomic E-state index is 0.0637. The molecule has 0 amide bonds. The fourth-order valence-electron chi connectivity index (χ4n) is 3.67. The Balaban J connectivity index is 1.68.